The van der Waals surface area contributed by atoms with E-state index in [1.807, 2.05) is 24.3 Å². The number of anilines is 3. The third-order valence-corrected chi connectivity index (χ3v) is 6.72. The van der Waals surface area contributed by atoms with Crippen molar-refractivity contribution in [3.8, 4) is 0 Å². The van der Waals surface area contributed by atoms with Crippen LogP contribution in [0.4, 0.5) is 17.2 Å². The van der Waals surface area contributed by atoms with Crippen LogP contribution in [0, 0.1) is 0 Å². The third-order valence-electron chi connectivity index (χ3n) is 5.21. The van der Waals surface area contributed by atoms with E-state index in [1.54, 1.807) is 0 Å². The molecular weight excluding hydrogens is 376 g/mol. The highest BCUT2D eigenvalue weighted by molar-refractivity contribution is 7.90. The Morgan fingerprint density at radius 1 is 0.964 bits per heavy atom. The Kier molecular flexibility index (Phi) is 4.17. The van der Waals surface area contributed by atoms with Gasteiger partial charge in [-0.3, -0.25) is 0 Å². The van der Waals surface area contributed by atoms with E-state index >= 15 is 0 Å². The van der Waals surface area contributed by atoms with Crippen molar-refractivity contribution in [2.45, 2.75) is 11.5 Å². The fourth-order valence-corrected chi connectivity index (χ4v) is 5.40. The lowest BCUT2D eigenvalue weighted by Gasteiger charge is -2.29. The van der Waals surface area contributed by atoms with Crippen LogP contribution in [-0.4, -0.2) is 44.7 Å². The second-order valence-electron chi connectivity index (χ2n) is 7.16. The molecule has 2 aromatic carbocycles. The van der Waals surface area contributed by atoms with Crippen molar-refractivity contribution in [1.29, 1.82) is 0 Å². The third kappa shape index (κ3) is 3.29. The maximum Gasteiger partial charge on any atom is 0.158 e. The minimum Gasteiger partial charge on any atom is -0.378 e. The zero-order valence-corrected chi connectivity index (χ0v) is 16.1. The Balaban J connectivity index is 1.49. The lowest BCUT2D eigenvalue weighted by molar-refractivity contribution is 0.122. The van der Waals surface area contributed by atoms with Crippen LogP contribution < -0.4 is 10.2 Å². The zero-order chi connectivity index (χ0) is 19.1. The summed E-state index contributed by atoms with van der Waals surface area (Å²) in [7, 11) is -3.02. The number of hydrogen-bond acceptors (Lipinski definition) is 7. The van der Waals surface area contributed by atoms with Crippen molar-refractivity contribution in [1.82, 2.24) is 9.97 Å². The molecule has 0 saturated carbocycles. The molecule has 0 atom stereocenters. The molecule has 1 aromatic heterocycles. The van der Waals surface area contributed by atoms with Crippen LogP contribution in [0.25, 0.3) is 10.9 Å². The van der Waals surface area contributed by atoms with Gasteiger partial charge in [-0.2, -0.15) is 0 Å². The van der Waals surface area contributed by atoms with Gasteiger partial charge in [0, 0.05) is 29.9 Å². The van der Waals surface area contributed by atoms with Gasteiger partial charge < -0.3 is 15.0 Å². The van der Waals surface area contributed by atoms with Crippen LogP contribution >= 0.6 is 0 Å². The number of rotatable bonds is 3. The topological polar surface area (TPSA) is 84.4 Å². The first kappa shape index (κ1) is 17.4. The SMILES string of the molecule is O=S1(=O)Cc2ccc(Nc3ncnc4ccc(N5CCOCC5)cc34)cc2C1. The summed E-state index contributed by atoms with van der Waals surface area (Å²) in [5.41, 5.74) is 4.55. The Morgan fingerprint density at radius 3 is 2.64 bits per heavy atom. The number of nitrogens with one attached hydrogen (secondary N) is 1. The van der Waals surface area contributed by atoms with E-state index < -0.39 is 9.84 Å². The number of hydrogen-bond donors (Lipinski definition) is 1. The first-order valence-corrected chi connectivity index (χ1v) is 11.1. The molecule has 7 nitrogen and oxygen atoms in total. The molecule has 1 N–H and O–H groups in total. The van der Waals surface area contributed by atoms with Gasteiger partial charge in [-0.1, -0.05) is 6.07 Å². The molecule has 0 spiro atoms. The molecule has 144 valence electrons. The first-order valence-electron chi connectivity index (χ1n) is 9.24. The van der Waals surface area contributed by atoms with Crippen LogP contribution in [0.2, 0.25) is 0 Å². The first-order chi connectivity index (χ1) is 13.6. The summed E-state index contributed by atoms with van der Waals surface area (Å²) in [6.07, 6.45) is 1.54. The van der Waals surface area contributed by atoms with Crippen molar-refractivity contribution in [2.24, 2.45) is 0 Å². The summed E-state index contributed by atoms with van der Waals surface area (Å²) in [6.45, 7) is 3.18. The fraction of sp³-hybridized carbons (Fsp3) is 0.300. The number of morpholine rings is 1. The standard InChI is InChI=1S/C20H20N4O3S/c25-28(26)11-14-1-2-16(9-15(14)12-28)23-20-18-10-17(24-5-7-27-8-6-24)3-4-19(18)21-13-22-20/h1-4,9-10,13H,5-8,11-12H2,(H,21,22,23). The molecule has 0 radical (unpaired) electrons. The van der Waals surface area contributed by atoms with E-state index in [4.69, 9.17) is 4.74 Å². The van der Waals surface area contributed by atoms with Crippen LogP contribution in [0.1, 0.15) is 11.1 Å². The molecule has 1 fully saturated rings. The van der Waals surface area contributed by atoms with Gasteiger partial charge in [-0.05, 0) is 41.5 Å². The largest absolute Gasteiger partial charge is 0.378 e. The predicted octanol–water partition coefficient (Wildman–Crippen LogP) is 2.64. The number of ether oxygens (including phenoxy) is 1. The van der Waals surface area contributed by atoms with E-state index in [9.17, 15) is 8.42 Å². The van der Waals surface area contributed by atoms with Crippen molar-refractivity contribution >= 4 is 37.9 Å². The van der Waals surface area contributed by atoms with Gasteiger partial charge in [0.25, 0.3) is 0 Å². The van der Waals surface area contributed by atoms with Gasteiger partial charge in [0.2, 0.25) is 0 Å². The fourth-order valence-electron chi connectivity index (χ4n) is 3.80. The number of sulfone groups is 1. The molecule has 0 bridgehead atoms. The number of aromatic nitrogens is 2. The highest BCUT2D eigenvalue weighted by Crippen LogP contribution is 2.31. The van der Waals surface area contributed by atoms with Crippen molar-refractivity contribution < 1.29 is 13.2 Å². The lowest BCUT2D eigenvalue weighted by atomic mass is 10.1. The summed E-state index contributed by atoms with van der Waals surface area (Å²) < 4.78 is 29.2. The number of fused-ring (bicyclic) bond motifs is 2. The Bertz CT molecular complexity index is 1160. The van der Waals surface area contributed by atoms with E-state index in [0.717, 1.165) is 59.7 Å². The number of nitrogens with zero attached hydrogens (tertiary/aromatic N) is 3. The van der Waals surface area contributed by atoms with Gasteiger partial charge in [0.1, 0.15) is 12.1 Å². The molecule has 2 aliphatic heterocycles. The second-order valence-corrected chi connectivity index (χ2v) is 9.23. The van der Waals surface area contributed by atoms with E-state index in [-0.39, 0.29) is 11.5 Å². The normalized spacial score (nSPS) is 18.2. The molecule has 0 unspecified atom stereocenters. The van der Waals surface area contributed by atoms with Gasteiger partial charge in [0.15, 0.2) is 9.84 Å². The van der Waals surface area contributed by atoms with Crippen LogP contribution in [0.5, 0.6) is 0 Å². The molecule has 0 amide bonds. The average molecular weight is 396 g/mol. The minimum absolute atomic E-state index is 0.101. The van der Waals surface area contributed by atoms with Gasteiger partial charge in [-0.25, -0.2) is 18.4 Å². The molecule has 2 aliphatic rings. The van der Waals surface area contributed by atoms with E-state index in [1.165, 1.54) is 6.33 Å². The summed E-state index contributed by atoms with van der Waals surface area (Å²) in [5, 5.41) is 4.28. The monoisotopic (exact) mass is 396 g/mol. The van der Waals surface area contributed by atoms with E-state index in [2.05, 4.69) is 32.3 Å². The highest BCUT2D eigenvalue weighted by atomic mass is 32.2. The smallest absolute Gasteiger partial charge is 0.158 e. The van der Waals surface area contributed by atoms with Crippen molar-refractivity contribution in [3.05, 3.63) is 53.9 Å². The summed E-state index contributed by atoms with van der Waals surface area (Å²) in [4.78, 5) is 11.1. The molecule has 28 heavy (non-hydrogen) atoms. The molecule has 3 heterocycles. The molecular formula is C20H20N4O3S. The van der Waals surface area contributed by atoms with Gasteiger partial charge in [0.05, 0.1) is 30.2 Å². The Labute approximate surface area is 163 Å². The maximum atomic E-state index is 11.9. The van der Waals surface area contributed by atoms with Crippen LogP contribution in [0.3, 0.4) is 0 Å². The molecule has 8 heteroatoms. The summed E-state index contributed by atoms with van der Waals surface area (Å²) in [5.74, 6) is 0.937. The Morgan fingerprint density at radius 2 is 1.79 bits per heavy atom. The second kappa shape index (κ2) is 6.72. The quantitative estimate of drug-likeness (QED) is 0.728. The molecule has 3 aromatic rings. The predicted molar refractivity (Wildman–Crippen MR) is 109 cm³/mol. The average Bonchev–Trinajstić information content (AvgIpc) is 3.02. The summed E-state index contributed by atoms with van der Waals surface area (Å²) >= 11 is 0. The lowest BCUT2D eigenvalue weighted by Crippen LogP contribution is -2.36. The summed E-state index contributed by atoms with van der Waals surface area (Å²) in [6, 6.07) is 11.9. The van der Waals surface area contributed by atoms with Gasteiger partial charge >= 0.3 is 0 Å². The van der Waals surface area contributed by atoms with Crippen LogP contribution in [-0.2, 0) is 26.1 Å². The van der Waals surface area contributed by atoms with Crippen LogP contribution in [0.15, 0.2) is 42.7 Å². The number of benzene rings is 2. The highest BCUT2D eigenvalue weighted by Gasteiger charge is 2.24. The molecule has 1 saturated heterocycles. The Hall–Kier alpha value is -2.71. The maximum absolute atomic E-state index is 11.9. The van der Waals surface area contributed by atoms with E-state index in [0.29, 0.717) is 5.82 Å². The van der Waals surface area contributed by atoms with Gasteiger partial charge in [-0.15, -0.1) is 0 Å². The molecule has 5 rings (SSSR count). The zero-order valence-electron chi connectivity index (χ0n) is 15.3. The minimum atomic E-state index is -3.02. The van der Waals surface area contributed by atoms with Crippen molar-refractivity contribution in [2.75, 3.05) is 36.5 Å². The van der Waals surface area contributed by atoms with Crippen molar-refractivity contribution in [3.63, 3.8) is 0 Å². The molecule has 0 aliphatic carbocycles.